The van der Waals surface area contributed by atoms with Crippen LogP contribution in [0.4, 0.5) is 18.9 Å². The van der Waals surface area contributed by atoms with E-state index in [1.54, 1.807) is 20.0 Å². The number of halogens is 3. The molecular formula is C18H16F3N5O2S. The fourth-order valence-electron chi connectivity index (χ4n) is 3.29. The molecule has 11 heteroatoms. The molecule has 2 aromatic heterocycles. The highest BCUT2D eigenvalue weighted by molar-refractivity contribution is 7.91. The normalized spacial score (nSPS) is 16.6. The first-order valence-corrected chi connectivity index (χ1v) is 10.4. The maximum atomic E-state index is 13.0. The number of aryl methyl sites for hydroxylation is 1. The minimum absolute atomic E-state index is 0.0558. The Morgan fingerprint density at radius 1 is 1.21 bits per heavy atom. The smallest absolute Gasteiger partial charge is 0.326 e. The van der Waals surface area contributed by atoms with E-state index in [1.807, 2.05) is 0 Å². The number of hydrogen-bond acceptors (Lipinski definition) is 6. The van der Waals surface area contributed by atoms with Gasteiger partial charge in [-0.25, -0.2) is 18.4 Å². The molecule has 0 spiro atoms. The van der Waals surface area contributed by atoms with Gasteiger partial charge in [0.2, 0.25) is 0 Å². The Bertz CT molecular complexity index is 1280. The molecule has 152 valence electrons. The number of pyridine rings is 1. The Balaban J connectivity index is 2.00. The molecule has 1 aliphatic rings. The van der Waals surface area contributed by atoms with Crippen molar-refractivity contribution in [2.45, 2.75) is 31.0 Å². The number of fused-ring (bicyclic) bond motifs is 2. The lowest BCUT2D eigenvalue weighted by molar-refractivity contribution is -0.141. The van der Waals surface area contributed by atoms with Crippen molar-refractivity contribution < 1.29 is 21.6 Å². The number of aromatic nitrogens is 3. The highest BCUT2D eigenvalue weighted by Gasteiger charge is 2.33. The van der Waals surface area contributed by atoms with Crippen molar-refractivity contribution in [3.8, 4) is 11.4 Å². The quantitative estimate of drug-likeness (QED) is 0.615. The standard InChI is InChI=1S/C18H16F3N5O2S/c1-4-29(27,28)15-6-10-9(2)24-25-12(10)5-11(15)17-23-13-7-16(18(19,20)21)22-8-14(13)26(17)3/h5-9H,4H2,1-3H3. The molecule has 0 saturated heterocycles. The Morgan fingerprint density at radius 3 is 2.59 bits per heavy atom. The van der Waals surface area contributed by atoms with Gasteiger partial charge in [0.15, 0.2) is 9.84 Å². The number of hydrogen-bond donors (Lipinski definition) is 0. The molecule has 7 nitrogen and oxygen atoms in total. The molecule has 0 fully saturated rings. The van der Waals surface area contributed by atoms with E-state index in [9.17, 15) is 21.6 Å². The van der Waals surface area contributed by atoms with Gasteiger partial charge in [-0.2, -0.15) is 23.4 Å². The van der Waals surface area contributed by atoms with Crippen LogP contribution in [0.1, 0.15) is 31.1 Å². The molecule has 0 radical (unpaired) electrons. The molecule has 3 heterocycles. The number of benzene rings is 1. The van der Waals surface area contributed by atoms with Gasteiger partial charge in [-0.3, -0.25) is 0 Å². The Morgan fingerprint density at radius 2 is 1.93 bits per heavy atom. The van der Waals surface area contributed by atoms with E-state index in [0.717, 1.165) is 12.3 Å². The van der Waals surface area contributed by atoms with Gasteiger partial charge in [0.25, 0.3) is 0 Å². The predicted octanol–water partition coefficient (Wildman–Crippen LogP) is 4.61. The van der Waals surface area contributed by atoms with Crippen LogP contribution in [0.25, 0.3) is 22.4 Å². The summed E-state index contributed by atoms with van der Waals surface area (Å²) in [6.45, 7) is 3.33. The zero-order chi connectivity index (χ0) is 21.1. The molecule has 4 rings (SSSR count). The summed E-state index contributed by atoms with van der Waals surface area (Å²) in [4.78, 5) is 7.82. The largest absolute Gasteiger partial charge is 0.433 e. The van der Waals surface area contributed by atoms with Crippen molar-refractivity contribution in [3.05, 3.63) is 35.7 Å². The highest BCUT2D eigenvalue weighted by atomic mass is 32.2. The number of imidazole rings is 1. The van der Waals surface area contributed by atoms with Crippen LogP contribution in [0.15, 0.2) is 39.5 Å². The lowest BCUT2D eigenvalue weighted by Crippen LogP contribution is -2.08. The van der Waals surface area contributed by atoms with E-state index < -0.39 is 21.7 Å². The first kappa shape index (κ1) is 19.5. The van der Waals surface area contributed by atoms with Crippen LogP contribution in [0.5, 0.6) is 0 Å². The van der Waals surface area contributed by atoms with Gasteiger partial charge >= 0.3 is 6.18 Å². The van der Waals surface area contributed by atoms with Gasteiger partial charge in [-0.05, 0) is 25.1 Å². The second-order valence-electron chi connectivity index (χ2n) is 6.75. The summed E-state index contributed by atoms with van der Waals surface area (Å²) in [5.41, 5.74) is 0.825. The van der Waals surface area contributed by atoms with Gasteiger partial charge in [0.1, 0.15) is 11.5 Å². The zero-order valence-corrected chi connectivity index (χ0v) is 16.5. The summed E-state index contributed by atoms with van der Waals surface area (Å²) in [7, 11) is -2.04. The number of alkyl halides is 3. The zero-order valence-electron chi connectivity index (χ0n) is 15.7. The van der Waals surface area contributed by atoms with Gasteiger partial charge < -0.3 is 4.57 Å². The highest BCUT2D eigenvalue weighted by Crippen LogP contribution is 2.42. The number of azo groups is 1. The molecule has 0 aliphatic carbocycles. The summed E-state index contributed by atoms with van der Waals surface area (Å²) < 4.78 is 66.0. The molecule has 1 unspecified atom stereocenters. The number of nitrogens with zero attached hydrogens (tertiary/aromatic N) is 5. The summed E-state index contributed by atoms with van der Waals surface area (Å²) in [5.74, 6) is 0.0799. The van der Waals surface area contributed by atoms with Crippen molar-refractivity contribution in [2.24, 2.45) is 17.3 Å². The summed E-state index contributed by atoms with van der Waals surface area (Å²) in [5, 5.41) is 8.14. The van der Waals surface area contributed by atoms with Crippen LogP contribution in [0, 0.1) is 0 Å². The molecule has 0 amide bonds. The average Bonchev–Trinajstić information content (AvgIpc) is 3.20. The fourth-order valence-corrected chi connectivity index (χ4v) is 4.39. The summed E-state index contributed by atoms with van der Waals surface area (Å²) in [6, 6.07) is 3.68. The van der Waals surface area contributed by atoms with Crippen LogP contribution in [0.3, 0.4) is 0 Å². The lowest BCUT2D eigenvalue weighted by atomic mass is 10.0. The Labute approximate surface area is 164 Å². The minimum Gasteiger partial charge on any atom is -0.326 e. The Kier molecular flexibility index (Phi) is 4.26. The predicted molar refractivity (Wildman–Crippen MR) is 99.6 cm³/mol. The second-order valence-corrected chi connectivity index (χ2v) is 9.00. The van der Waals surface area contributed by atoms with E-state index in [2.05, 4.69) is 20.2 Å². The third-order valence-corrected chi connectivity index (χ3v) is 6.70. The molecule has 0 N–H and O–H groups in total. The van der Waals surface area contributed by atoms with Crippen molar-refractivity contribution in [3.63, 3.8) is 0 Å². The van der Waals surface area contributed by atoms with Gasteiger partial charge in [0, 0.05) is 18.2 Å². The van der Waals surface area contributed by atoms with E-state index >= 15 is 0 Å². The summed E-state index contributed by atoms with van der Waals surface area (Å²) in [6.07, 6.45) is -3.52. The van der Waals surface area contributed by atoms with Gasteiger partial charge in [-0.15, -0.1) is 0 Å². The van der Waals surface area contributed by atoms with Crippen molar-refractivity contribution >= 4 is 26.6 Å². The van der Waals surface area contributed by atoms with Crippen LogP contribution < -0.4 is 0 Å². The van der Waals surface area contributed by atoms with Crippen molar-refractivity contribution in [2.75, 3.05) is 5.75 Å². The van der Waals surface area contributed by atoms with Crippen molar-refractivity contribution in [1.29, 1.82) is 0 Å². The first-order valence-electron chi connectivity index (χ1n) is 8.74. The van der Waals surface area contributed by atoms with E-state index in [4.69, 9.17) is 0 Å². The third kappa shape index (κ3) is 3.09. The van der Waals surface area contributed by atoms with E-state index in [0.29, 0.717) is 16.8 Å². The minimum atomic E-state index is -4.60. The molecule has 1 aromatic carbocycles. The monoisotopic (exact) mass is 423 g/mol. The molecule has 29 heavy (non-hydrogen) atoms. The van der Waals surface area contributed by atoms with Crippen molar-refractivity contribution in [1.82, 2.24) is 14.5 Å². The number of sulfone groups is 1. The molecule has 3 aromatic rings. The summed E-state index contributed by atoms with van der Waals surface area (Å²) >= 11 is 0. The molecule has 1 atom stereocenters. The fraction of sp³-hybridized carbons (Fsp3) is 0.333. The van der Waals surface area contributed by atoms with E-state index in [1.165, 1.54) is 17.6 Å². The third-order valence-electron chi connectivity index (χ3n) is 4.93. The lowest BCUT2D eigenvalue weighted by Gasteiger charge is -2.12. The SMILES string of the molecule is CCS(=O)(=O)c1cc2c(cc1-c1nc3cc(C(F)(F)F)ncc3n1C)N=NC2C. The maximum absolute atomic E-state index is 13.0. The van der Waals surface area contributed by atoms with Crippen LogP contribution in [-0.4, -0.2) is 28.7 Å². The average molecular weight is 423 g/mol. The first-order chi connectivity index (χ1) is 13.5. The van der Waals surface area contributed by atoms with Crippen LogP contribution >= 0.6 is 0 Å². The Hall–Kier alpha value is -2.82. The molecule has 1 aliphatic heterocycles. The second kappa shape index (κ2) is 6.34. The maximum Gasteiger partial charge on any atom is 0.433 e. The molecule has 0 saturated carbocycles. The van der Waals surface area contributed by atoms with E-state index in [-0.39, 0.29) is 33.6 Å². The van der Waals surface area contributed by atoms with Crippen LogP contribution in [-0.2, 0) is 23.1 Å². The topological polar surface area (TPSA) is 89.6 Å². The van der Waals surface area contributed by atoms with Gasteiger partial charge in [0.05, 0.1) is 39.6 Å². The molecule has 0 bridgehead atoms. The van der Waals surface area contributed by atoms with Gasteiger partial charge in [-0.1, -0.05) is 6.92 Å². The number of rotatable bonds is 3. The van der Waals surface area contributed by atoms with Crippen LogP contribution in [0.2, 0.25) is 0 Å². The molecular weight excluding hydrogens is 407 g/mol.